The zero-order valence-corrected chi connectivity index (χ0v) is 11.5. The van der Waals surface area contributed by atoms with Crippen molar-refractivity contribution in [1.82, 2.24) is 9.97 Å². The van der Waals surface area contributed by atoms with Gasteiger partial charge in [0.25, 0.3) is 5.91 Å². The van der Waals surface area contributed by atoms with Crippen LogP contribution in [0.1, 0.15) is 15.9 Å². The van der Waals surface area contributed by atoms with E-state index in [1.165, 1.54) is 0 Å². The van der Waals surface area contributed by atoms with Crippen LogP contribution in [0.5, 0.6) is 0 Å². The zero-order valence-electron chi connectivity index (χ0n) is 11.5. The molecular formula is C16H16N4O. The molecule has 0 unspecified atom stereocenters. The lowest BCUT2D eigenvalue weighted by Gasteiger charge is -2.01. The van der Waals surface area contributed by atoms with E-state index in [2.05, 4.69) is 16.0 Å². The van der Waals surface area contributed by atoms with E-state index in [1.807, 2.05) is 24.3 Å². The van der Waals surface area contributed by atoms with Crippen LogP contribution in [0.3, 0.4) is 0 Å². The number of rotatable bonds is 4. The maximum Gasteiger partial charge on any atom is 0.250 e. The lowest BCUT2D eigenvalue weighted by atomic mass is 10.1. The van der Waals surface area contributed by atoms with Gasteiger partial charge in [-0.15, -0.1) is 0 Å². The zero-order chi connectivity index (χ0) is 14.8. The summed E-state index contributed by atoms with van der Waals surface area (Å²) in [5.41, 5.74) is 14.9. The SMILES string of the molecule is NCCc1cccc(-c2nc3c(C(N)=O)cccc3[nH]2)c1. The normalized spacial score (nSPS) is 10.9. The molecule has 0 spiro atoms. The first-order chi connectivity index (χ1) is 10.2. The first kappa shape index (κ1) is 13.3. The van der Waals surface area contributed by atoms with Gasteiger partial charge in [0.15, 0.2) is 0 Å². The Bertz CT molecular complexity index is 807. The molecule has 5 N–H and O–H groups in total. The predicted octanol–water partition coefficient (Wildman–Crippen LogP) is 1.83. The Labute approximate surface area is 122 Å². The number of amides is 1. The number of para-hydroxylation sites is 1. The maximum absolute atomic E-state index is 11.5. The standard InChI is InChI=1S/C16H16N4O/c17-8-7-10-3-1-4-11(9-10)16-19-13-6-2-5-12(15(18)21)14(13)20-16/h1-6,9H,7-8,17H2,(H2,18,21)(H,19,20). The van der Waals surface area contributed by atoms with Crippen molar-refractivity contribution in [3.63, 3.8) is 0 Å². The van der Waals surface area contributed by atoms with Gasteiger partial charge in [0, 0.05) is 5.56 Å². The van der Waals surface area contributed by atoms with Gasteiger partial charge < -0.3 is 16.5 Å². The van der Waals surface area contributed by atoms with Crippen molar-refractivity contribution >= 4 is 16.9 Å². The average Bonchev–Trinajstić information content (AvgIpc) is 2.91. The lowest BCUT2D eigenvalue weighted by Crippen LogP contribution is -2.11. The highest BCUT2D eigenvalue weighted by Crippen LogP contribution is 2.23. The first-order valence-electron chi connectivity index (χ1n) is 6.77. The molecule has 0 saturated carbocycles. The molecule has 3 rings (SSSR count). The smallest absolute Gasteiger partial charge is 0.250 e. The van der Waals surface area contributed by atoms with Gasteiger partial charge in [0.1, 0.15) is 11.3 Å². The average molecular weight is 280 g/mol. The molecule has 0 bridgehead atoms. The third kappa shape index (κ3) is 2.51. The van der Waals surface area contributed by atoms with Crippen LogP contribution in [0.4, 0.5) is 0 Å². The van der Waals surface area contributed by atoms with Gasteiger partial charge in [-0.25, -0.2) is 4.98 Å². The summed E-state index contributed by atoms with van der Waals surface area (Å²) < 4.78 is 0. The second kappa shape index (κ2) is 5.38. The van der Waals surface area contributed by atoms with Gasteiger partial charge in [-0.1, -0.05) is 24.3 Å². The van der Waals surface area contributed by atoms with E-state index in [0.29, 0.717) is 17.6 Å². The van der Waals surface area contributed by atoms with Crippen LogP contribution in [0.2, 0.25) is 0 Å². The molecule has 0 atom stereocenters. The Kier molecular flexibility index (Phi) is 3.41. The Hall–Kier alpha value is -2.66. The van der Waals surface area contributed by atoms with E-state index >= 15 is 0 Å². The van der Waals surface area contributed by atoms with Crippen molar-refractivity contribution < 1.29 is 4.79 Å². The first-order valence-corrected chi connectivity index (χ1v) is 6.77. The fourth-order valence-electron chi connectivity index (χ4n) is 2.41. The largest absolute Gasteiger partial charge is 0.366 e. The Morgan fingerprint density at radius 2 is 2.00 bits per heavy atom. The van der Waals surface area contributed by atoms with Gasteiger partial charge in [-0.3, -0.25) is 4.79 Å². The number of carbonyl (C=O) groups excluding carboxylic acids is 1. The van der Waals surface area contributed by atoms with Gasteiger partial charge >= 0.3 is 0 Å². The third-order valence-corrected chi connectivity index (χ3v) is 3.41. The van der Waals surface area contributed by atoms with Crippen molar-refractivity contribution in [1.29, 1.82) is 0 Å². The minimum atomic E-state index is -0.476. The molecule has 0 aliphatic carbocycles. The van der Waals surface area contributed by atoms with E-state index in [9.17, 15) is 4.79 Å². The molecule has 5 nitrogen and oxygen atoms in total. The topological polar surface area (TPSA) is 97.8 Å². The van der Waals surface area contributed by atoms with Crippen molar-refractivity contribution in [2.24, 2.45) is 11.5 Å². The number of imidazole rings is 1. The molecule has 21 heavy (non-hydrogen) atoms. The van der Waals surface area contributed by atoms with E-state index in [0.717, 1.165) is 28.9 Å². The highest BCUT2D eigenvalue weighted by atomic mass is 16.1. The maximum atomic E-state index is 11.5. The summed E-state index contributed by atoms with van der Waals surface area (Å²) in [7, 11) is 0. The summed E-state index contributed by atoms with van der Waals surface area (Å²) in [6, 6.07) is 13.4. The number of H-pyrrole nitrogens is 1. The number of hydrogen-bond donors (Lipinski definition) is 3. The molecule has 0 fully saturated rings. The van der Waals surface area contributed by atoms with Gasteiger partial charge in [-0.2, -0.15) is 0 Å². The summed E-state index contributed by atoms with van der Waals surface area (Å²) >= 11 is 0. The van der Waals surface area contributed by atoms with E-state index in [1.54, 1.807) is 12.1 Å². The number of aromatic amines is 1. The summed E-state index contributed by atoms with van der Waals surface area (Å²) in [5, 5.41) is 0. The molecule has 1 aromatic heterocycles. The number of primary amides is 1. The predicted molar refractivity (Wildman–Crippen MR) is 82.8 cm³/mol. The number of fused-ring (bicyclic) bond motifs is 1. The molecule has 2 aromatic carbocycles. The molecule has 0 aliphatic heterocycles. The number of carbonyl (C=O) groups is 1. The van der Waals surface area contributed by atoms with E-state index in [4.69, 9.17) is 11.5 Å². The second-order valence-electron chi connectivity index (χ2n) is 4.89. The van der Waals surface area contributed by atoms with Crippen molar-refractivity contribution in [3.8, 4) is 11.4 Å². The van der Waals surface area contributed by atoms with E-state index < -0.39 is 5.91 Å². The van der Waals surface area contributed by atoms with E-state index in [-0.39, 0.29) is 0 Å². The minimum absolute atomic E-state index is 0.424. The number of benzene rings is 2. The molecule has 3 aromatic rings. The van der Waals surface area contributed by atoms with Crippen LogP contribution in [0.25, 0.3) is 22.4 Å². The Balaban J connectivity index is 2.11. The van der Waals surface area contributed by atoms with Crippen molar-refractivity contribution in [2.45, 2.75) is 6.42 Å². The minimum Gasteiger partial charge on any atom is -0.366 e. The number of nitrogens with one attached hydrogen (secondary N) is 1. The van der Waals surface area contributed by atoms with Crippen molar-refractivity contribution in [2.75, 3.05) is 6.54 Å². The molecule has 1 heterocycles. The monoisotopic (exact) mass is 280 g/mol. The summed E-state index contributed by atoms with van der Waals surface area (Å²) in [6.07, 6.45) is 0.820. The summed E-state index contributed by atoms with van der Waals surface area (Å²) in [4.78, 5) is 19.2. The fourth-order valence-corrected chi connectivity index (χ4v) is 2.41. The van der Waals surface area contributed by atoms with Crippen LogP contribution < -0.4 is 11.5 Å². The number of hydrogen-bond acceptors (Lipinski definition) is 3. The highest BCUT2D eigenvalue weighted by molar-refractivity contribution is 6.04. The fraction of sp³-hybridized carbons (Fsp3) is 0.125. The van der Waals surface area contributed by atoms with Gasteiger partial charge in [0.2, 0.25) is 0 Å². The molecule has 0 saturated heterocycles. The molecule has 1 amide bonds. The lowest BCUT2D eigenvalue weighted by molar-refractivity contribution is 0.100. The van der Waals surface area contributed by atoms with Crippen LogP contribution in [0, 0.1) is 0 Å². The van der Waals surface area contributed by atoms with Crippen LogP contribution in [-0.4, -0.2) is 22.4 Å². The molecule has 5 heteroatoms. The van der Waals surface area contributed by atoms with Crippen LogP contribution >= 0.6 is 0 Å². The number of nitrogens with zero attached hydrogens (tertiary/aromatic N) is 1. The molecule has 0 radical (unpaired) electrons. The van der Waals surface area contributed by atoms with Gasteiger partial charge in [-0.05, 0) is 36.7 Å². The summed E-state index contributed by atoms with van der Waals surface area (Å²) in [6.45, 7) is 0.607. The quantitative estimate of drug-likeness (QED) is 0.680. The van der Waals surface area contributed by atoms with Gasteiger partial charge in [0.05, 0.1) is 11.1 Å². The summed E-state index contributed by atoms with van der Waals surface area (Å²) in [5.74, 6) is 0.244. The molecule has 0 aliphatic rings. The van der Waals surface area contributed by atoms with Crippen LogP contribution in [0.15, 0.2) is 42.5 Å². The second-order valence-corrected chi connectivity index (χ2v) is 4.89. The van der Waals surface area contributed by atoms with Crippen molar-refractivity contribution in [3.05, 3.63) is 53.6 Å². The molecule has 106 valence electrons. The third-order valence-electron chi connectivity index (χ3n) is 3.41. The Morgan fingerprint density at radius 1 is 1.19 bits per heavy atom. The Morgan fingerprint density at radius 3 is 2.76 bits per heavy atom. The molecular weight excluding hydrogens is 264 g/mol. The van der Waals surface area contributed by atoms with Crippen LogP contribution in [-0.2, 0) is 6.42 Å². The highest BCUT2D eigenvalue weighted by Gasteiger charge is 2.12. The number of aromatic nitrogens is 2. The number of nitrogens with two attached hydrogens (primary N) is 2.